The van der Waals surface area contributed by atoms with E-state index in [-0.39, 0.29) is 0 Å². The maximum Gasteiger partial charge on any atom is 0.150 e. The van der Waals surface area contributed by atoms with Crippen molar-refractivity contribution in [3.63, 3.8) is 0 Å². The van der Waals surface area contributed by atoms with Crippen molar-refractivity contribution in [3.8, 4) is 11.5 Å². The minimum atomic E-state index is 0.489. The molecule has 3 nitrogen and oxygen atoms in total. The molecule has 0 aliphatic carbocycles. The number of methoxy groups -OCH3 is 1. The Morgan fingerprint density at radius 2 is 1.60 bits per heavy atom. The van der Waals surface area contributed by atoms with E-state index in [1.54, 1.807) is 7.11 Å². The van der Waals surface area contributed by atoms with Crippen LogP contribution in [0.5, 0.6) is 11.5 Å². The van der Waals surface area contributed by atoms with Gasteiger partial charge in [-0.2, -0.15) is 0 Å². The predicted octanol–water partition coefficient (Wildman–Crippen LogP) is 3.70. The van der Waals surface area contributed by atoms with E-state index >= 15 is 0 Å². The highest BCUT2D eigenvalue weighted by molar-refractivity contribution is 5.80. The third-order valence-electron chi connectivity index (χ3n) is 3.25. The number of aryl methyl sites for hydroxylation is 2. The summed E-state index contributed by atoms with van der Waals surface area (Å²) in [5.41, 5.74) is 3.68. The number of benzene rings is 2. The molecule has 0 aromatic heterocycles. The molecule has 20 heavy (non-hydrogen) atoms. The zero-order valence-corrected chi connectivity index (χ0v) is 12.0. The van der Waals surface area contributed by atoms with Crippen LogP contribution in [0.3, 0.4) is 0 Å². The molecule has 0 fully saturated rings. The van der Waals surface area contributed by atoms with Crippen LogP contribution in [0.2, 0.25) is 0 Å². The first-order valence-corrected chi connectivity index (χ1v) is 6.46. The minimum Gasteiger partial charge on any atom is -0.497 e. The molecule has 0 bridgehead atoms. The highest BCUT2D eigenvalue weighted by Crippen LogP contribution is 2.22. The first kappa shape index (κ1) is 14.1. The van der Waals surface area contributed by atoms with Crippen LogP contribution in [0.15, 0.2) is 36.4 Å². The fourth-order valence-electron chi connectivity index (χ4n) is 2.09. The Hall–Kier alpha value is -2.29. The Labute approximate surface area is 119 Å². The lowest BCUT2D eigenvalue weighted by Gasteiger charge is -2.10. The molecule has 104 valence electrons. The number of rotatable bonds is 5. The van der Waals surface area contributed by atoms with E-state index in [9.17, 15) is 4.79 Å². The summed E-state index contributed by atoms with van der Waals surface area (Å²) in [7, 11) is 1.64. The van der Waals surface area contributed by atoms with E-state index in [0.717, 1.165) is 40.0 Å². The number of aldehydes is 1. The molecule has 0 N–H and O–H groups in total. The molecule has 0 aliphatic heterocycles. The van der Waals surface area contributed by atoms with Gasteiger partial charge in [0.15, 0.2) is 6.29 Å². The molecule has 0 atom stereocenters. The summed E-state index contributed by atoms with van der Waals surface area (Å²) in [6, 6.07) is 11.5. The van der Waals surface area contributed by atoms with Crippen molar-refractivity contribution in [2.75, 3.05) is 7.11 Å². The van der Waals surface area contributed by atoms with Gasteiger partial charge in [-0.15, -0.1) is 0 Å². The molecule has 0 amide bonds. The van der Waals surface area contributed by atoms with Crippen LogP contribution in [0.25, 0.3) is 0 Å². The van der Waals surface area contributed by atoms with Crippen LogP contribution in [0, 0.1) is 13.8 Å². The van der Waals surface area contributed by atoms with Crippen LogP contribution in [-0.2, 0) is 6.61 Å². The molecule has 0 radical (unpaired) electrons. The van der Waals surface area contributed by atoms with Gasteiger partial charge in [0.2, 0.25) is 0 Å². The minimum absolute atomic E-state index is 0.489. The maximum atomic E-state index is 10.9. The smallest absolute Gasteiger partial charge is 0.150 e. The molecule has 0 spiro atoms. The average Bonchev–Trinajstić information content (AvgIpc) is 2.45. The molecule has 2 aromatic rings. The Balaban J connectivity index is 2.08. The van der Waals surface area contributed by atoms with Gasteiger partial charge in [-0.3, -0.25) is 4.79 Å². The number of hydrogen-bond donors (Lipinski definition) is 0. The first-order valence-electron chi connectivity index (χ1n) is 6.46. The van der Waals surface area contributed by atoms with Gasteiger partial charge in [-0.25, -0.2) is 0 Å². The maximum absolute atomic E-state index is 10.9. The van der Waals surface area contributed by atoms with Crippen LogP contribution >= 0.6 is 0 Å². The van der Waals surface area contributed by atoms with Gasteiger partial charge in [-0.1, -0.05) is 12.1 Å². The Morgan fingerprint density at radius 3 is 2.10 bits per heavy atom. The van der Waals surface area contributed by atoms with Gasteiger partial charge in [0, 0.05) is 5.56 Å². The third-order valence-corrected chi connectivity index (χ3v) is 3.25. The number of hydrogen-bond acceptors (Lipinski definition) is 3. The molecule has 0 saturated carbocycles. The number of carbonyl (C=O) groups is 1. The molecular weight excluding hydrogens is 252 g/mol. The highest BCUT2D eigenvalue weighted by atomic mass is 16.5. The molecule has 2 rings (SSSR count). The monoisotopic (exact) mass is 270 g/mol. The summed E-state index contributed by atoms with van der Waals surface area (Å²) >= 11 is 0. The normalized spacial score (nSPS) is 10.2. The molecule has 0 unspecified atom stereocenters. The van der Waals surface area contributed by atoms with Crippen LogP contribution in [0.4, 0.5) is 0 Å². The zero-order valence-electron chi connectivity index (χ0n) is 12.0. The summed E-state index contributed by atoms with van der Waals surface area (Å²) < 4.78 is 10.9. The topological polar surface area (TPSA) is 35.5 Å². The first-order chi connectivity index (χ1) is 9.63. The molecule has 0 saturated heterocycles. The standard InChI is InChI=1S/C17H18O3/c1-12-8-16(9-13(2)17(12)10-18)20-11-14-4-6-15(19-3)7-5-14/h4-10H,11H2,1-3H3. The van der Waals surface area contributed by atoms with E-state index in [0.29, 0.717) is 6.61 Å². The van der Waals surface area contributed by atoms with E-state index in [1.807, 2.05) is 50.2 Å². The van der Waals surface area contributed by atoms with Crippen LogP contribution in [0.1, 0.15) is 27.0 Å². The van der Waals surface area contributed by atoms with Crippen molar-refractivity contribution in [2.45, 2.75) is 20.5 Å². The average molecular weight is 270 g/mol. The molecule has 2 aromatic carbocycles. The molecular formula is C17H18O3. The second kappa shape index (κ2) is 6.24. The third kappa shape index (κ3) is 3.18. The van der Waals surface area contributed by atoms with Crippen molar-refractivity contribution >= 4 is 6.29 Å². The SMILES string of the molecule is COc1ccc(COc2cc(C)c(C=O)c(C)c2)cc1. The zero-order chi connectivity index (χ0) is 14.5. The van der Waals surface area contributed by atoms with E-state index in [2.05, 4.69) is 0 Å². The number of ether oxygens (including phenoxy) is 2. The van der Waals surface area contributed by atoms with Crippen molar-refractivity contribution in [1.29, 1.82) is 0 Å². The summed E-state index contributed by atoms with van der Waals surface area (Å²) in [5.74, 6) is 1.61. The van der Waals surface area contributed by atoms with Gasteiger partial charge < -0.3 is 9.47 Å². The largest absolute Gasteiger partial charge is 0.497 e. The highest BCUT2D eigenvalue weighted by Gasteiger charge is 2.05. The van der Waals surface area contributed by atoms with Crippen LogP contribution < -0.4 is 9.47 Å². The van der Waals surface area contributed by atoms with E-state index < -0.39 is 0 Å². The fraction of sp³-hybridized carbons (Fsp3) is 0.235. The summed E-state index contributed by atoms with van der Waals surface area (Å²) in [6.07, 6.45) is 0.887. The molecule has 0 aliphatic rings. The quantitative estimate of drug-likeness (QED) is 0.777. The van der Waals surface area contributed by atoms with Crippen molar-refractivity contribution < 1.29 is 14.3 Å². The van der Waals surface area contributed by atoms with Gasteiger partial charge in [-0.05, 0) is 54.8 Å². The summed E-state index contributed by atoms with van der Waals surface area (Å²) in [5, 5.41) is 0. The van der Waals surface area contributed by atoms with Gasteiger partial charge in [0.1, 0.15) is 18.1 Å². The predicted molar refractivity (Wildman–Crippen MR) is 78.6 cm³/mol. The van der Waals surface area contributed by atoms with Crippen molar-refractivity contribution in [2.24, 2.45) is 0 Å². The van der Waals surface area contributed by atoms with Gasteiger partial charge in [0.25, 0.3) is 0 Å². The Kier molecular flexibility index (Phi) is 4.41. The molecule has 3 heteroatoms. The lowest BCUT2D eigenvalue weighted by atomic mass is 10.0. The van der Waals surface area contributed by atoms with Crippen LogP contribution in [-0.4, -0.2) is 13.4 Å². The fourth-order valence-corrected chi connectivity index (χ4v) is 2.09. The Morgan fingerprint density at radius 1 is 1.00 bits per heavy atom. The number of carbonyl (C=O) groups excluding carboxylic acids is 1. The van der Waals surface area contributed by atoms with E-state index in [4.69, 9.17) is 9.47 Å². The van der Waals surface area contributed by atoms with Gasteiger partial charge in [0.05, 0.1) is 7.11 Å². The second-order valence-corrected chi connectivity index (χ2v) is 4.73. The van der Waals surface area contributed by atoms with E-state index in [1.165, 1.54) is 0 Å². The summed E-state index contributed by atoms with van der Waals surface area (Å²) in [4.78, 5) is 10.9. The molecule has 0 heterocycles. The summed E-state index contributed by atoms with van der Waals surface area (Å²) in [6.45, 7) is 4.32. The lowest BCUT2D eigenvalue weighted by Crippen LogP contribution is -1.98. The van der Waals surface area contributed by atoms with Crippen molar-refractivity contribution in [1.82, 2.24) is 0 Å². The van der Waals surface area contributed by atoms with Gasteiger partial charge >= 0.3 is 0 Å². The lowest BCUT2D eigenvalue weighted by molar-refractivity contribution is 0.112. The Bertz CT molecular complexity index is 577. The van der Waals surface area contributed by atoms with Crippen molar-refractivity contribution in [3.05, 3.63) is 58.7 Å². The second-order valence-electron chi connectivity index (χ2n) is 4.73.